The van der Waals surface area contributed by atoms with E-state index in [2.05, 4.69) is 15.9 Å². The Morgan fingerprint density at radius 2 is 1.82 bits per heavy atom. The van der Waals surface area contributed by atoms with Crippen molar-refractivity contribution in [1.82, 2.24) is 4.90 Å². The van der Waals surface area contributed by atoms with Gasteiger partial charge in [0.2, 0.25) is 0 Å². The summed E-state index contributed by atoms with van der Waals surface area (Å²) in [6, 6.07) is 4.96. The summed E-state index contributed by atoms with van der Waals surface area (Å²) in [5.41, 5.74) is 0.390. The molecule has 1 aromatic rings. The third-order valence-corrected chi connectivity index (χ3v) is 3.58. The molecule has 0 spiro atoms. The molecule has 3 nitrogen and oxygen atoms in total. The lowest BCUT2D eigenvalue weighted by molar-refractivity contribution is 0.0758. The summed E-state index contributed by atoms with van der Waals surface area (Å²) in [5.74, 6) is -0.00635. The number of phenolic OH excluding ortho intramolecular Hbond substituents is 1. The van der Waals surface area contributed by atoms with Gasteiger partial charge in [-0.2, -0.15) is 0 Å². The molecule has 1 aliphatic rings. The molecule has 1 saturated heterocycles. The maximum atomic E-state index is 12.3. The van der Waals surface area contributed by atoms with Crippen molar-refractivity contribution < 1.29 is 9.90 Å². The van der Waals surface area contributed by atoms with Crippen LogP contribution < -0.4 is 0 Å². The van der Waals surface area contributed by atoms with Crippen molar-refractivity contribution in [2.24, 2.45) is 0 Å². The average Bonchev–Trinajstić information content (AvgIpc) is 2.60. The number of halogens is 1. The van der Waals surface area contributed by atoms with Gasteiger partial charge in [-0.25, -0.2) is 0 Å². The molecule has 1 amide bonds. The van der Waals surface area contributed by atoms with Crippen LogP contribution in [0.25, 0.3) is 0 Å². The van der Waals surface area contributed by atoms with Crippen molar-refractivity contribution in [3.63, 3.8) is 0 Å². The van der Waals surface area contributed by atoms with Gasteiger partial charge in [-0.1, -0.05) is 28.8 Å². The lowest BCUT2D eigenvalue weighted by Gasteiger charge is -2.20. The fraction of sp³-hybridized carbons (Fsp3) is 0.462. The average molecular weight is 298 g/mol. The lowest BCUT2D eigenvalue weighted by Crippen LogP contribution is -2.31. The first-order valence-corrected chi connectivity index (χ1v) is 6.75. The highest BCUT2D eigenvalue weighted by Gasteiger charge is 2.20. The van der Waals surface area contributed by atoms with E-state index in [1.807, 2.05) is 4.90 Å². The van der Waals surface area contributed by atoms with E-state index in [4.69, 9.17) is 0 Å². The van der Waals surface area contributed by atoms with E-state index in [-0.39, 0.29) is 11.7 Å². The lowest BCUT2D eigenvalue weighted by atomic mass is 10.1. The van der Waals surface area contributed by atoms with Crippen LogP contribution in [0.1, 0.15) is 36.0 Å². The molecule has 4 heteroatoms. The topological polar surface area (TPSA) is 40.5 Å². The Labute approximate surface area is 110 Å². The molecule has 0 aromatic heterocycles. The molecule has 92 valence electrons. The number of benzene rings is 1. The Hall–Kier alpha value is -1.03. The van der Waals surface area contributed by atoms with E-state index in [0.29, 0.717) is 5.56 Å². The van der Waals surface area contributed by atoms with Gasteiger partial charge in [-0.15, -0.1) is 0 Å². The Morgan fingerprint density at radius 1 is 1.18 bits per heavy atom. The highest BCUT2D eigenvalue weighted by atomic mass is 79.9. The van der Waals surface area contributed by atoms with Gasteiger partial charge in [0.1, 0.15) is 5.75 Å². The number of hydrogen-bond acceptors (Lipinski definition) is 2. The van der Waals surface area contributed by atoms with Gasteiger partial charge in [-0.05, 0) is 31.0 Å². The van der Waals surface area contributed by atoms with Crippen molar-refractivity contribution in [2.45, 2.75) is 25.7 Å². The van der Waals surface area contributed by atoms with Gasteiger partial charge in [0.15, 0.2) is 0 Å². The molecule has 17 heavy (non-hydrogen) atoms. The second kappa shape index (κ2) is 5.54. The predicted molar refractivity (Wildman–Crippen MR) is 70.2 cm³/mol. The first kappa shape index (κ1) is 12.4. The molecule has 1 fully saturated rings. The monoisotopic (exact) mass is 297 g/mol. The van der Waals surface area contributed by atoms with Crippen molar-refractivity contribution in [2.75, 3.05) is 13.1 Å². The van der Waals surface area contributed by atoms with Crippen LogP contribution in [-0.4, -0.2) is 29.0 Å². The number of likely N-dealkylation sites (tertiary alicyclic amines) is 1. The molecule has 1 N–H and O–H groups in total. The van der Waals surface area contributed by atoms with Gasteiger partial charge in [0, 0.05) is 17.6 Å². The number of amides is 1. The minimum atomic E-state index is -0.0642. The minimum absolute atomic E-state index is 0.0578. The predicted octanol–water partition coefficient (Wildman–Crippen LogP) is 3.17. The van der Waals surface area contributed by atoms with E-state index >= 15 is 0 Å². The summed E-state index contributed by atoms with van der Waals surface area (Å²) in [6.07, 6.45) is 4.49. The number of aromatic hydroxyl groups is 1. The van der Waals surface area contributed by atoms with Crippen LogP contribution in [0.4, 0.5) is 0 Å². The molecule has 0 unspecified atom stereocenters. The van der Waals surface area contributed by atoms with Crippen LogP contribution >= 0.6 is 15.9 Å². The molecule has 0 aliphatic carbocycles. The molecular weight excluding hydrogens is 282 g/mol. The molecule has 2 rings (SSSR count). The standard InChI is InChI=1S/C13H16BrNO2/c14-10-5-6-12(16)11(9-10)13(17)15-7-3-1-2-4-8-15/h5-6,9,16H,1-4,7-8H2. The summed E-state index contributed by atoms with van der Waals surface area (Å²) in [6.45, 7) is 1.59. The number of rotatable bonds is 1. The van der Waals surface area contributed by atoms with Crippen molar-refractivity contribution in [3.05, 3.63) is 28.2 Å². The second-order valence-electron chi connectivity index (χ2n) is 4.37. The van der Waals surface area contributed by atoms with Gasteiger partial charge >= 0.3 is 0 Å². The Kier molecular flexibility index (Phi) is 4.05. The Morgan fingerprint density at radius 3 is 2.47 bits per heavy atom. The molecule has 0 atom stereocenters. The second-order valence-corrected chi connectivity index (χ2v) is 5.28. The molecule has 0 radical (unpaired) electrons. The molecular formula is C13H16BrNO2. The van der Waals surface area contributed by atoms with Crippen molar-refractivity contribution >= 4 is 21.8 Å². The first-order chi connectivity index (χ1) is 8.18. The number of carbonyl (C=O) groups excluding carboxylic acids is 1. The van der Waals surface area contributed by atoms with Gasteiger partial charge in [0.25, 0.3) is 5.91 Å². The van der Waals surface area contributed by atoms with E-state index < -0.39 is 0 Å². The van der Waals surface area contributed by atoms with Crippen molar-refractivity contribution in [3.8, 4) is 5.75 Å². The maximum Gasteiger partial charge on any atom is 0.257 e. The third kappa shape index (κ3) is 3.00. The third-order valence-electron chi connectivity index (χ3n) is 3.08. The Bertz CT molecular complexity index is 412. The van der Waals surface area contributed by atoms with Crippen LogP contribution in [-0.2, 0) is 0 Å². The fourth-order valence-electron chi connectivity index (χ4n) is 2.12. The highest BCUT2D eigenvalue weighted by molar-refractivity contribution is 9.10. The van der Waals surface area contributed by atoms with E-state index in [9.17, 15) is 9.90 Å². The largest absolute Gasteiger partial charge is 0.507 e. The van der Waals surface area contributed by atoms with Crippen molar-refractivity contribution in [1.29, 1.82) is 0 Å². The summed E-state index contributed by atoms with van der Waals surface area (Å²) in [7, 11) is 0. The van der Waals surface area contributed by atoms with Crippen LogP contribution in [0.2, 0.25) is 0 Å². The summed E-state index contributed by atoms with van der Waals surface area (Å²) in [4.78, 5) is 14.1. The van der Waals surface area contributed by atoms with Crippen LogP contribution in [0.3, 0.4) is 0 Å². The molecule has 1 aromatic carbocycles. The smallest absolute Gasteiger partial charge is 0.257 e. The molecule has 0 bridgehead atoms. The van der Waals surface area contributed by atoms with Gasteiger partial charge in [-0.3, -0.25) is 4.79 Å². The van der Waals surface area contributed by atoms with Crippen LogP contribution in [0, 0.1) is 0 Å². The SMILES string of the molecule is O=C(c1cc(Br)ccc1O)N1CCCCCC1. The van der Waals surface area contributed by atoms with Gasteiger partial charge < -0.3 is 10.0 Å². The zero-order valence-electron chi connectivity index (χ0n) is 9.66. The summed E-state index contributed by atoms with van der Waals surface area (Å²) < 4.78 is 0.813. The quantitative estimate of drug-likeness (QED) is 0.865. The van der Waals surface area contributed by atoms with Crippen LogP contribution in [0.5, 0.6) is 5.75 Å². The van der Waals surface area contributed by atoms with E-state index in [1.54, 1.807) is 18.2 Å². The Balaban J connectivity index is 2.20. The first-order valence-electron chi connectivity index (χ1n) is 5.96. The fourth-order valence-corrected chi connectivity index (χ4v) is 2.48. The zero-order chi connectivity index (χ0) is 12.3. The van der Waals surface area contributed by atoms with Crippen LogP contribution in [0.15, 0.2) is 22.7 Å². The normalized spacial score (nSPS) is 16.6. The minimum Gasteiger partial charge on any atom is -0.507 e. The molecule has 1 heterocycles. The number of phenols is 1. The maximum absolute atomic E-state index is 12.3. The number of hydrogen-bond donors (Lipinski definition) is 1. The van der Waals surface area contributed by atoms with Gasteiger partial charge in [0.05, 0.1) is 5.56 Å². The summed E-state index contributed by atoms with van der Waals surface area (Å²) >= 11 is 3.32. The highest BCUT2D eigenvalue weighted by Crippen LogP contribution is 2.24. The summed E-state index contributed by atoms with van der Waals surface area (Å²) in [5, 5.41) is 9.74. The van der Waals surface area contributed by atoms with E-state index in [0.717, 1.165) is 30.4 Å². The number of carbonyl (C=O) groups is 1. The zero-order valence-corrected chi connectivity index (χ0v) is 11.2. The molecule has 1 aliphatic heterocycles. The molecule has 0 saturated carbocycles. The van der Waals surface area contributed by atoms with E-state index in [1.165, 1.54) is 12.8 Å². The number of nitrogens with zero attached hydrogens (tertiary/aromatic N) is 1.